The maximum atomic E-state index is 12.1. The Morgan fingerprint density at radius 2 is 1.95 bits per heavy atom. The number of halogens is 1. The molecule has 0 aliphatic rings. The maximum absolute atomic E-state index is 12.1. The molecule has 0 aliphatic carbocycles. The van der Waals surface area contributed by atoms with Crippen LogP contribution in [0.1, 0.15) is 23.0 Å². The number of nitrogens with zero attached hydrogens (tertiary/aromatic N) is 1. The Morgan fingerprint density at radius 1 is 1.23 bits per heavy atom. The molecule has 5 nitrogen and oxygen atoms in total. The van der Waals surface area contributed by atoms with Gasteiger partial charge in [-0.05, 0) is 54.2 Å². The predicted octanol–water partition coefficient (Wildman–Crippen LogP) is 3.32. The Bertz CT molecular complexity index is 682. The number of rotatable bonds is 6. The van der Waals surface area contributed by atoms with Gasteiger partial charge in [-0.15, -0.1) is 0 Å². The fourth-order valence-corrected chi connectivity index (χ4v) is 2.43. The molecule has 1 heterocycles. The van der Waals surface area contributed by atoms with Gasteiger partial charge in [0.15, 0.2) is 10.5 Å². The zero-order valence-corrected chi connectivity index (χ0v) is 14.0. The lowest BCUT2D eigenvalue weighted by molar-refractivity contribution is -0.117. The first-order valence-electron chi connectivity index (χ1n) is 6.78. The monoisotopic (exact) mass is 364 g/mol. The number of Topliss-reactive ketones (excluding diaryl/α,β-unsaturated/α-hetero) is 1. The molecule has 1 aromatic heterocycles. The highest BCUT2D eigenvalue weighted by atomic mass is 79.9. The van der Waals surface area contributed by atoms with Gasteiger partial charge in [0.2, 0.25) is 5.91 Å². The van der Waals surface area contributed by atoms with Crippen LogP contribution in [-0.4, -0.2) is 30.2 Å². The van der Waals surface area contributed by atoms with Gasteiger partial charge in [0.1, 0.15) is 5.76 Å². The molecule has 2 rings (SSSR count). The van der Waals surface area contributed by atoms with Crippen LogP contribution in [0.25, 0.3) is 0 Å². The lowest BCUT2D eigenvalue weighted by Crippen LogP contribution is -2.30. The van der Waals surface area contributed by atoms with E-state index in [0.29, 0.717) is 22.5 Å². The van der Waals surface area contributed by atoms with Gasteiger partial charge in [-0.3, -0.25) is 14.5 Å². The Kier molecular flexibility index (Phi) is 5.51. The third kappa shape index (κ3) is 4.54. The molecule has 0 unspecified atom stereocenters. The van der Waals surface area contributed by atoms with E-state index in [-0.39, 0.29) is 18.2 Å². The summed E-state index contributed by atoms with van der Waals surface area (Å²) < 4.78 is 6.07. The van der Waals surface area contributed by atoms with Crippen LogP contribution in [0, 0.1) is 0 Å². The van der Waals surface area contributed by atoms with Gasteiger partial charge in [0.05, 0.1) is 18.8 Å². The van der Waals surface area contributed by atoms with Crippen molar-refractivity contribution in [3.8, 4) is 0 Å². The van der Waals surface area contributed by atoms with Gasteiger partial charge < -0.3 is 9.73 Å². The van der Waals surface area contributed by atoms with E-state index in [9.17, 15) is 9.59 Å². The summed E-state index contributed by atoms with van der Waals surface area (Å²) in [5.74, 6) is 0.512. The summed E-state index contributed by atoms with van der Waals surface area (Å²) in [6.07, 6.45) is 0. The molecule has 1 N–H and O–H groups in total. The number of nitrogens with one attached hydrogen (secondary N) is 1. The second-order valence-electron chi connectivity index (χ2n) is 5.03. The Hall–Kier alpha value is -1.92. The average Bonchev–Trinajstić information content (AvgIpc) is 2.83. The normalized spacial score (nSPS) is 10.7. The highest BCUT2D eigenvalue weighted by Crippen LogP contribution is 2.17. The quantitative estimate of drug-likeness (QED) is 0.798. The number of hydrogen-bond acceptors (Lipinski definition) is 4. The summed E-state index contributed by atoms with van der Waals surface area (Å²) in [5.41, 5.74) is 1.04. The fraction of sp³-hybridized carbons (Fsp3) is 0.250. The zero-order valence-electron chi connectivity index (χ0n) is 12.4. The van der Waals surface area contributed by atoms with Gasteiger partial charge in [-0.25, -0.2) is 0 Å². The first kappa shape index (κ1) is 16.5. The van der Waals surface area contributed by atoms with Gasteiger partial charge >= 0.3 is 0 Å². The molecule has 0 saturated carbocycles. The minimum absolute atomic E-state index is 0.0790. The molecule has 6 heteroatoms. The summed E-state index contributed by atoms with van der Waals surface area (Å²) in [5, 5.41) is 2.77. The molecule has 0 radical (unpaired) electrons. The number of hydrogen-bond donors (Lipinski definition) is 1. The van der Waals surface area contributed by atoms with E-state index in [0.717, 1.165) is 5.76 Å². The third-order valence-electron chi connectivity index (χ3n) is 3.05. The molecule has 0 bridgehead atoms. The van der Waals surface area contributed by atoms with E-state index in [2.05, 4.69) is 21.2 Å². The number of anilines is 1. The number of carbonyl (C=O) groups excluding carboxylic acids is 2. The van der Waals surface area contributed by atoms with E-state index in [1.807, 2.05) is 24.1 Å². The van der Waals surface area contributed by atoms with Crippen molar-refractivity contribution >= 4 is 33.3 Å². The van der Waals surface area contributed by atoms with Gasteiger partial charge in [-0.1, -0.05) is 12.1 Å². The van der Waals surface area contributed by atoms with Crippen LogP contribution in [0.2, 0.25) is 0 Å². The summed E-state index contributed by atoms with van der Waals surface area (Å²) in [6, 6.07) is 10.6. The SMILES string of the molecule is CC(=O)c1ccccc1NC(=O)CN(C)Cc1ccc(Br)o1. The number of amides is 1. The van der Waals surface area contributed by atoms with Crippen molar-refractivity contribution < 1.29 is 14.0 Å². The highest BCUT2D eigenvalue weighted by Gasteiger charge is 2.12. The smallest absolute Gasteiger partial charge is 0.238 e. The molecule has 1 amide bonds. The predicted molar refractivity (Wildman–Crippen MR) is 87.8 cm³/mol. The number of benzene rings is 1. The first-order valence-corrected chi connectivity index (χ1v) is 7.57. The minimum Gasteiger partial charge on any atom is -0.453 e. The first-order chi connectivity index (χ1) is 10.5. The summed E-state index contributed by atoms with van der Waals surface area (Å²) in [6.45, 7) is 2.20. The molecule has 116 valence electrons. The van der Waals surface area contributed by atoms with Crippen LogP contribution < -0.4 is 5.32 Å². The van der Waals surface area contributed by atoms with E-state index in [1.54, 1.807) is 24.3 Å². The number of para-hydroxylation sites is 1. The van der Waals surface area contributed by atoms with E-state index < -0.39 is 0 Å². The Morgan fingerprint density at radius 3 is 2.59 bits per heavy atom. The lowest BCUT2D eigenvalue weighted by atomic mass is 10.1. The second-order valence-corrected chi connectivity index (χ2v) is 5.81. The topological polar surface area (TPSA) is 62.6 Å². The Labute approximate surface area is 137 Å². The largest absolute Gasteiger partial charge is 0.453 e. The van der Waals surface area contributed by atoms with Crippen molar-refractivity contribution in [2.24, 2.45) is 0 Å². The molecule has 22 heavy (non-hydrogen) atoms. The lowest BCUT2D eigenvalue weighted by Gasteiger charge is -2.15. The van der Waals surface area contributed by atoms with Crippen LogP contribution in [0.4, 0.5) is 5.69 Å². The summed E-state index contributed by atoms with van der Waals surface area (Å²) in [7, 11) is 1.83. The van der Waals surface area contributed by atoms with Gasteiger partial charge in [-0.2, -0.15) is 0 Å². The number of likely N-dealkylation sites (N-methyl/N-ethyl adjacent to an activating group) is 1. The highest BCUT2D eigenvalue weighted by molar-refractivity contribution is 9.10. The van der Waals surface area contributed by atoms with Crippen molar-refractivity contribution in [2.45, 2.75) is 13.5 Å². The van der Waals surface area contributed by atoms with Crippen LogP contribution in [0.3, 0.4) is 0 Å². The molecular formula is C16H17BrN2O3. The summed E-state index contributed by atoms with van der Waals surface area (Å²) in [4.78, 5) is 25.5. The molecule has 0 spiro atoms. The standard InChI is InChI=1S/C16H17BrN2O3/c1-11(20)13-5-3-4-6-14(13)18-16(21)10-19(2)9-12-7-8-15(17)22-12/h3-8H,9-10H2,1-2H3,(H,18,21). The summed E-state index contributed by atoms with van der Waals surface area (Å²) >= 11 is 3.24. The second kappa shape index (κ2) is 7.38. The van der Waals surface area contributed by atoms with Crippen molar-refractivity contribution in [1.82, 2.24) is 4.90 Å². The number of carbonyl (C=O) groups is 2. The molecule has 0 saturated heterocycles. The molecular weight excluding hydrogens is 348 g/mol. The molecule has 0 fully saturated rings. The van der Waals surface area contributed by atoms with Crippen molar-refractivity contribution in [1.29, 1.82) is 0 Å². The van der Waals surface area contributed by atoms with E-state index in [1.165, 1.54) is 6.92 Å². The fourth-order valence-electron chi connectivity index (χ4n) is 2.09. The van der Waals surface area contributed by atoms with Crippen molar-refractivity contribution in [2.75, 3.05) is 18.9 Å². The van der Waals surface area contributed by atoms with Gasteiger partial charge in [0.25, 0.3) is 0 Å². The van der Waals surface area contributed by atoms with E-state index in [4.69, 9.17) is 4.42 Å². The van der Waals surface area contributed by atoms with Crippen molar-refractivity contribution in [3.63, 3.8) is 0 Å². The molecule has 0 aliphatic heterocycles. The number of ketones is 1. The minimum atomic E-state index is -0.179. The maximum Gasteiger partial charge on any atom is 0.238 e. The van der Waals surface area contributed by atoms with Crippen LogP contribution in [-0.2, 0) is 11.3 Å². The average molecular weight is 365 g/mol. The molecule has 1 aromatic carbocycles. The zero-order chi connectivity index (χ0) is 16.1. The van der Waals surface area contributed by atoms with Crippen LogP contribution in [0.15, 0.2) is 45.5 Å². The van der Waals surface area contributed by atoms with Crippen LogP contribution >= 0.6 is 15.9 Å². The molecule has 0 atom stereocenters. The Balaban J connectivity index is 1.94. The van der Waals surface area contributed by atoms with Crippen molar-refractivity contribution in [3.05, 3.63) is 52.4 Å². The van der Waals surface area contributed by atoms with E-state index >= 15 is 0 Å². The van der Waals surface area contributed by atoms with Crippen LogP contribution in [0.5, 0.6) is 0 Å². The molecule has 2 aromatic rings. The third-order valence-corrected chi connectivity index (χ3v) is 3.47. The number of furan rings is 1. The van der Waals surface area contributed by atoms with Gasteiger partial charge in [0, 0.05) is 5.56 Å².